The molecule has 0 bridgehead atoms. The summed E-state index contributed by atoms with van der Waals surface area (Å²) in [6.07, 6.45) is 3.16. The molecule has 1 aromatic carbocycles. The Morgan fingerprint density at radius 3 is 3.00 bits per heavy atom. The molecule has 1 nitrogen and oxygen atoms in total. The van der Waals surface area contributed by atoms with Crippen LogP contribution in [0.5, 0.6) is 0 Å². The lowest BCUT2D eigenvalue weighted by atomic mass is 9.90. The van der Waals surface area contributed by atoms with Gasteiger partial charge < -0.3 is 5.32 Å². The van der Waals surface area contributed by atoms with Gasteiger partial charge in [-0.05, 0) is 68.5 Å². The molecule has 1 saturated heterocycles. The van der Waals surface area contributed by atoms with Gasteiger partial charge in [-0.3, -0.25) is 0 Å². The number of piperidine rings is 1. The lowest BCUT2D eigenvalue weighted by Gasteiger charge is -2.23. The Morgan fingerprint density at radius 2 is 2.31 bits per heavy atom. The second-order valence-corrected chi connectivity index (χ2v) is 4.96. The third-order valence-corrected chi connectivity index (χ3v) is 3.78. The lowest BCUT2D eigenvalue weighted by Crippen LogP contribution is -2.31. The van der Waals surface area contributed by atoms with Crippen LogP contribution in [0, 0.1) is 18.7 Å². The molecule has 1 aromatic rings. The molecule has 0 aliphatic carbocycles. The van der Waals surface area contributed by atoms with Crippen LogP contribution in [0.3, 0.4) is 0 Å². The molecule has 1 N–H and O–H groups in total. The molecule has 1 atom stereocenters. The van der Waals surface area contributed by atoms with Gasteiger partial charge in [0.2, 0.25) is 0 Å². The van der Waals surface area contributed by atoms with Gasteiger partial charge in [-0.1, -0.05) is 11.6 Å². The van der Waals surface area contributed by atoms with Gasteiger partial charge in [0.25, 0.3) is 0 Å². The fraction of sp³-hybridized carbons (Fsp3) is 0.538. The van der Waals surface area contributed by atoms with E-state index in [4.69, 9.17) is 11.6 Å². The largest absolute Gasteiger partial charge is 0.316 e. The van der Waals surface area contributed by atoms with Crippen molar-refractivity contribution in [3.63, 3.8) is 0 Å². The van der Waals surface area contributed by atoms with Crippen molar-refractivity contribution in [2.24, 2.45) is 5.92 Å². The van der Waals surface area contributed by atoms with Gasteiger partial charge in [0.05, 0.1) is 0 Å². The Balaban J connectivity index is 2.16. The summed E-state index contributed by atoms with van der Waals surface area (Å²) in [5.41, 5.74) is 1.69. The van der Waals surface area contributed by atoms with Crippen molar-refractivity contribution in [1.29, 1.82) is 0 Å². The number of rotatable bonds is 2. The maximum absolute atomic E-state index is 13.7. The summed E-state index contributed by atoms with van der Waals surface area (Å²) in [4.78, 5) is 0. The molecule has 1 aliphatic heterocycles. The first-order valence-corrected chi connectivity index (χ1v) is 6.20. The zero-order valence-corrected chi connectivity index (χ0v) is 10.3. The molecule has 1 aliphatic rings. The van der Waals surface area contributed by atoms with E-state index < -0.39 is 0 Å². The summed E-state index contributed by atoms with van der Waals surface area (Å²) in [5.74, 6) is 0.424. The fourth-order valence-corrected chi connectivity index (χ4v) is 2.51. The standard InChI is InChI=1S/C13H17ClFN/c1-9-11(13(15)5-4-12(9)14)7-10-3-2-6-16-8-10/h4-5,10,16H,2-3,6-8H2,1H3. The SMILES string of the molecule is Cc1c(Cl)ccc(F)c1CC1CCCNC1. The molecule has 1 heterocycles. The van der Waals surface area contributed by atoms with Crippen molar-refractivity contribution in [3.05, 3.63) is 34.1 Å². The normalized spacial score (nSPS) is 21.1. The van der Waals surface area contributed by atoms with Gasteiger partial charge in [0.1, 0.15) is 5.82 Å². The maximum atomic E-state index is 13.7. The number of nitrogens with one attached hydrogen (secondary N) is 1. The van der Waals surface area contributed by atoms with E-state index in [1.807, 2.05) is 6.92 Å². The fourth-order valence-electron chi connectivity index (χ4n) is 2.33. The van der Waals surface area contributed by atoms with E-state index in [1.165, 1.54) is 18.9 Å². The van der Waals surface area contributed by atoms with Crippen LogP contribution in [0.15, 0.2) is 12.1 Å². The minimum Gasteiger partial charge on any atom is -0.316 e. The Bertz CT molecular complexity index is 372. The van der Waals surface area contributed by atoms with E-state index in [9.17, 15) is 4.39 Å². The second kappa shape index (κ2) is 5.15. The highest BCUT2D eigenvalue weighted by molar-refractivity contribution is 6.31. The summed E-state index contributed by atoms with van der Waals surface area (Å²) in [5, 5.41) is 4.02. The number of halogens is 2. The Hall–Kier alpha value is -0.600. The average Bonchev–Trinajstić information content (AvgIpc) is 2.31. The van der Waals surface area contributed by atoms with Crippen LogP contribution in [-0.4, -0.2) is 13.1 Å². The van der Waals surface area contributed by atoms with Gasteiger partial charge in [-0.2, -0.15) is 0 Å². The quantitative estimate of drug-likeness (QED) is 0.838. The first kappa shape index (κ1) is 11.9. The van der Waals surface area contributed by atoms with Crippen LogP contribution >= 0.6 is 11.6 Å². The number of benzene rings is 1. The van der Waals surface area contributed by atoms with E-state index in [1.54, 1.807) is 6.07 Å². The summed E-state index contributed by atoms with van der Waals surface area (Å²) >= 11 is 6.02. The molecular formula is C13H17ClFN. The monoisotopic (exact) mass is 241 g/mol. The topological polar surface area (TPSA) is 12.0 Å². The van der Waals surface area contributed by atoms with Crippen LogP contribution in [0.25, 0.3) is 0 Å². The van der Waals surface area contributed by atoms with Gasteiger partial charge >= 0.3 is 0 Å². The first-order valence-electron chi connectivity index (χ1n) is 5.82. The van der Waals surface area contributed by atoms with Gasteiger partial charge in [0.15, 0.2) is 0 Å². The highest BCUT2D eigenvalue weighted by Crippen LogP contribution is 2.26. The summed E-state index contributed by atoms with van der Waals surface area (Å²) in [6, 6.07) is 3.11. The van der Waals surface area contributed by atoms with Gasteiger partial charge in [0, 0.05) is 5.02 Å². The third-order valence-electron chi connectivity index (χ3n) is 3.37. The van der Waals surface area contributed by atoms with Crippen LogP contribution in [-0.2, 0) is 6.42 Å². The van der Waals surface area contributed by atoms with Gasteiger partial charge in [-0.15, -0.1) is 0 Å². The highest BCUT2D eigenvalue weighted by Gasteiger charge is 2.17. The highest BCUT2D eigenvalue weighted by atomic mass is 35.5. The molecule has 16 heavy (non-hydrogen) atoms. The van der Waals surface area contributed by atoms with E-state index in [0.29, 0.717) is 10.9 Å². The average molecular weight is 242 g/mol. The van der Waals surface area contributed by atoms with E-state index >= 15 is 0 Å². The number of hydrogen-bond donors (Lipinski definition) is 1. The lowest BCUT2D eigenvalue weighted by molar-refractivity contribution is 0.371. The van der Waals surface area contributed by atoms with Crippen molar-refractivity contribution in [1.82, 2.24) is 5.32 Å². The van der Waals surface area contributed by atoms with Crippen molar-refractivity contribution >= 4 is 11.6 Å². The first-order chi connectivity index (χ1) is 7.68. The molecule has 1 unspecified atom stereocenters. The molecule has 3 heteroatoms. The van der Waals surface area contributed by atoms with Gasteiger partial charge in [-0.25, -0.2) is 4.39 Å². The molecular weight excluding hydrogens is 225 g/mol. The van der Waals surface area contributed by atoms with Crippen molar-refractivity contribution in [2.45, 2.75) is 26.2 Å². The smallest absolute Gasteiger partial charge is 0.126 e. The molecule has 1 fully saturated rings. The summed E-state index contributed by atoms with van der Waals surface area (Å²) < 4.78 is 13.7. The Morgan fingerprint density at radius 1 is 1.50 bits per heavy atom. The Labute approximate surface area is 101 Å². The zero-order chi connectivity index (χ0) is 11.5. The summed E-state index contributed by atoms with van der Waals surface area (Å²) in [6.45, 7) is 3.98. The van der Waals surface area contributed by atoms with Crippen LogP contribution in [0.2, 0.25) is 5.02 Å². The summed E-state index contributed by atoms with van der Waals surface area (Å²) in [7, 11) is 0. The third kappa shape index (κ3) is 2.55. The number of hydrogen-bond acceptors (Lipinski definition) is 1. The van der Waals surface area contributed by atoms with E-state index in [0.717, 1.165) is 30.6 Å². The molecule has 2 rings (SSSR count). The molecule has 0 aromatic heterocycles. The second-order valence-electron chi connectivity index (χ2n) is 4.55. The molecule has 0 spiro atoms. The van der Waals surface area contributed by atoms with E-state index in [2.05, 4.69) is 5.32 Å². The minimum absolute atomic E-state index is 0.118. The molecule has 88 valence electrons. The molecule has 0 amide bonds. The van der Waals surface area contributed by atoms with E-state index in [-0.39, 0.29) is 5.82 Å². The van der Waals surface area contributed by atoms with Crippen molar-refractivity contribution in [2.75, 3.05) is 13.1 Å². The van der Waals surface area contributed by atoms with Crippen molar-refractivity contribution in [3.8, 4) is 0 Å². The zero-order valence-electron chi connectivity index (χ0n) is 9.52. The Kier molecular flexibility index (Phi) is 3.82. The van der Waals surface area contributed by atoms with Crippen LogP contribution in [0.1, 0.15) is 24.0 Å². The van der Waals surface area contributed by atoms with Crippen molar-refractivity contribution < 1.29 is 4.39 Å². The molecule has 0 radical (unpaired) electrons. The molecule has 0 saturated carbocycles. The van der Waals surface area contributed by atoms with Crippen LogP contribution in [0.4, 0.5) is 4.39 Å². The van der Waals surface area contributed by atoms with Crippen LogP contribution < -0.4 is 5.32 Å². The predicted molar refractivity (Wildman–Crippen MR) is 65.4 cm³/mol. The predicted octanol–water partition coefficient (Wildman–Crippen LogP) is 3.33. The minimum atomic E-state index is -0.118. The maximum Gasteiger partial charge on any atom is 0.126 e.